The van der Waals surface area contributed by atoms with E-state index in [-0.39, 0.29) is 5.91 Å². The topological polar surface area (TPSA) is 93.4 Å². The SMILES string of the molecule is O=C(Nc1n[nH]c(=S)s1)NC(Cc1ccccc1)C(=O)N1CCN(c2ccccc2)CC1. The van der Waals surface area contributed by atoms with Gasteiger partial charge in [0, 0.05) is 38.3 Å². The Hall–Kier alpha value is -3.24. The summed E-state index contributed by atoms with van der Waals surface area (Å²) >= 11 is 6.15. The molecule has 1 atom stereocenters. The molecule has 0 bridgehead atoms. The molecule has 3 N–H and O–H groups in total. The number of carbonyl (C=O) groups is 2. The summed E-state index contributed by atoms with van der Waals surface area (Å²) in [5, 5.41) is 12.4. The Bertz CT molecular complexity index is 1090. The molecule has 0 radical (unpaired) electrons. The molecular formula is C22H24N6O2S2. The number of aromatic nitrogens is 2. The Balaban J connectivity index is 1.42. The molecule has 1 aliphatic heterocycles. The number of rotatable bonds is 6. The molecule has 4 rings (SSSR count). The Kier molecular flexibility index (Phi) is 7.13. The van der Waals surface area contributed by atoms with Gasteiger partial charge >= 0.3 is 6.03 Å². The second kappa shape index (κ2) is 10.4. The normalized spacial score (nSPS) is 14.6. The van der Waals surface area contributed by atoms with Crippen molar-refractivity contribution < 1.29 is 9.59 Å². The molecule has 1 aromatic heterocycles. The lowest BCUT2D eigenvalue weighted by Gasteiger charge is -2.37. The maximum atomic E-state index is 13.4. The number of H-pyrrole nitrogens is 1. The highest BCUT2D eigenvalue weighted by molar-refractivity contribution is 7.73. The first kappa shape index (κ1) is 22.0. The fourth-order valence-corrected chi connectivity index (χ4v) is 4.45. The van der Waals surface area contributed by atoms with Crippen molar-refractivity contribution in [2.24, 2.45) is 0 Å². The van der Waals surface area contributed by atoms with Gasteiger partial charge < -0.3 is 15.1 Å². The molecule has 3 aromatic rings. The lowest BCUT2D eigenvalue weighted by Crippen LogP contribution is -2.56. The highest BCUT2D eigenvalue weighted by Crippen LogP contribution is 2.17. The second-order valence-electron chi connectivity index (χ2n) is 7.41. The van der Waals surface area contributed by atoms with Crippen molar-refractivity contribution in [3.8, 4) is 0 Å². The van der Waals surface area contributed by atoms with Crippen LogP contribution in [-0.2, 0) is 11.2 Å². The van der Waals surface area contributed by atoms with Gasteiger partial charge in [0.1, 0.15) is 6.04 Å². The molecular weight excluding hydrogens is 444 g/mol. The van der Waals surface area contributed by atoms with Crippen molar-refractivity contribution in [1.29, 1.82) is 0 Å². The molecule has 1 saturated heterocycles. The van der Waals surface area contributed by atoms with Crippen LogP contribution in [0.2, 0.25) is 0 Å². The number of aromatic amines is 1. The van der Waals surface area contributed by atoms with E-state index in [0.717, 1.165) is 35.7 Å². The third kappa shape index (κ3) is 5.71. The lowest BCUT2D eigenvalue weighted by molar-refractivity contribution is -0.133. The molecule has 3 amide bonds. The number of para-hydroxylation sites is 1. The van der Waals surface area contributed by atoms with Crippen LogP contribution in [0.25, 0.3) is 0 Å². The average Bonchev–Trinajstić information content (AvgIpc) is 3.23. The largest absolute Gasteiger partial charge is 0.368 e. The highest BCUT2D eigenvalue weighted by Gasteiger charge is 2.29. The van der Waals surface area contributed by atoms with Crippen molar-refractivity contribution in [2.75, 3.05) is 36.4 Å². The standard InChI is InChI=1S/C22H24N6O2S2/c29-19(28-13-11-27(12-14-28)17-9-5-2-6-10-17)18(15-16-7-3-1-4-8-16)23-20(30)24-21-25-26-22(31)32-21/h1-10,18H,11-15H2,(H,26,31)(H2,23,24,25,30). The summed E-state index contributed by atoms with van der Waals surface area (Å²) in [6.07, 6.45) is 0.405. The van der Waals surface area contributed by atoms with E-state index in [1.165, 1.54) is 0 Å². The monoisotopic (exact) mass is 468 g/mol. The van der Waals surface area contributed by atoms with Crippen LogP contribution < -0.4 is 15.5 Å². The summed E-state index contributed by atoms with van der Waals surface area (Å²) < 4.78 is 0.466. The number of hydrogen-bond donors (Lipinski definition) is 3. The molecule has 0 saturated carbocycles. The van der Waals surface area contributed by atoms with Crippen LogP contribution in [0.15, 0.2) is 60.7 Å². The lowest BCUT2D eigenvalue weighted by atomic mass is 10.0. The van der Waals surface area contributed by atoms with Gasteiger partial charge in [0.2, 0.25) is 11.0 Å². The van der Waals surface area contributed by atoms with Crippen molar-refractivity contribution in [3.63, 3.8) is 0 Å². The van der Waals surface area contributed by atoms with Crippen molar-refractivity contribution in [2.45, 2.75) is 12.5 Å². The molecule has 166 valence electrons. The summed E-state index contributed by atoms with van der Waals surface area (Å²) in [5.74, 6) is -0.0913. The van der Waals surface area contributed by atoms with Gasteiger partial charge in [0.25, 0.3) is 0 Å². The van der Waals surface area contributed by atoms with Gasteiger partial charge in [-0.05, 0) is 29.9 Å². The molecule has 2 aromatic carbocycles. The molecule has 0 spiro atoms. The fraction of sp³-hybridized carbons (Fsp3) is 0.273. The van der Waals surface area contributed by atoms with Gasteiger partial charge in [0.05, 0.1) is 0 Å². The number of hydrogen-bond acceptors (Lipinski definition) is 6. The zero-order valence-corrected chi connectivity index (χ0v) is 19.0. The summed E-state index contributed by atoms with van der Waals surface area (Å²) in [6, 6.07) is 18.7. The first-order chi connectivity index (χ1) is 15.6. The quantitative estimate of drug-likeness (QED) is 0.483. The van der Waals surface area contributed by atoms with Crippen LogP contribution in [0.5, 0.6) is 0 Å². The van der Waals surface area contributed by atoms with Crippen LogP contribution in [-0.4, -0.2) is 59.3 Å². The summed E-state index contributed by atoms with van der Waals surface area (Å²) in [4.78, 5) is 30.0. The van der Waals surface area contributed by atoms with Crippen LogP contribution >= 0.6 is 23.6 Å². The van der Waals surface area contributed by atoms with Crippen molar-refractivity contribution in [3.05, 3.63) is 70.2 Å². The number of benzene rings is 2. The molecule has 32 heavy (non-hydrogen) atoms. The smallest absolute Gasteiger partial charge is 0.321 e. The summed E-state index contributed by atoms with van der Waals surface area (Å²) in [5.41, 5.74) is 2.13. The number of urea groups is 1. The molecule has 1 unspecified atom stereocenters. The molecule has 1 aliphatic rings. The number of nitrogens with zero attached hydrogens (tertiary/aromatic N) is 3. The Morgan fingerprint density at radius 3 is 2.31 bits per heavy atom. The second-order valence-corrected chi connectivity index (χ2v) is 9.07. The van der Waals surface area contributed by atoms with Gasteiger partial charge in [-0.25, -0.2) is 4.79 Å². The van der Waals surface area contributed by atoms with Crippen LogP contribution in [0.4, 0.5) is 15.6 Å². The molecule has 8 nitrogen and oxygen atoms in total. The number of anilines is 2. The third-order valence-corrected chi connectivity index (χ3v) is 6.26. The van der Waals surface area contributed by atoms with E-state index in [4.69, 9.17) is 12.2 Å². The van der Waals surface area contributed by atoms with Gasteiger partial charge in [-0.3, -0.25) is 15.2 Å². The van der Waals surface area contributed by atoms with Crippen molar-refractivity contribution in [1.82, 2.24) is 20.4 Å². The van der Waals surface area contributed by atoms with E-state index in [2.05, 4.69) is 37.9 Å². The molecule has 0 aliphatic carbocycles. The first-order valence-electron chi connectivity index (χ1n) is 10.3. The predicted molar refractivity (Wildman–Crippen MR) is 129 cm³/mol. The minimum absolute atomic E-state index is 0.0913. The van der Waals surface area contributed by atoms with E-state index >= 15 is 0 Å². The minimum atomic E-state index is -0.687. The van der Waals surface area contributed by atoms with E-state index in [1.807, 2.05) is 53.4 Å². The van der Waals surface area contributed by atoms with E-state index in [0.29, 0.717) is 28.6 Å². The third-order valence-electron chi connectivity index (χ3n) is 5.26. The van der Waals surface area contributed by atoms with Crippen LogP contribution in [0.3, 0.4) is 0 Å². The van der Waals surface area contributed by atoms with Gasteiger partial charge in [-0.15, -0.1) is 5.10 Å². The Morgan fingerprint density at radius 1 is 1.03 bits per heavy atom. The van der Waals surface area contributed by atoms with Gasteiger partial charge in [0.15, 0.2) is 3.95 Å². The molecule has 1 fully saturated rings. The first-order valence-corrected chi connectivity index (χ1v) is 11.6. The Morgan fingerprint density at radius 2 is 1.69 bits per heavy atom. The summed E-state index contributed by atoms with van der Waals surface area (Å²) in [6.45, 7) is 2.69. The highest BCUT2D eigenvalue weighted by atomic mass is 32.1. The minimum Gasteiger partial charge on any atom is -0.368 e. The maximum Gasteiger partial charge on any atom is 0.321 e. The number of nitrogens with one attached hydrogen (secondary N) is 3. The number of carbonyl (C=O) groups excluding carboxylic acids is 2. The van der Waals surface area contributed by atoms with E-state index < -0.39 is 12.1 Å². The summed E-state index contributed by atoms with van der Waals surface area (Å²) in [7, 11) is 0. The Labute approximate surface area is 195 Å². The van der Waals surface area contributed by atoms with Crippen molar-refractivity contribution >= 4 is 46.3 Å². The van der Waals surface area contributed by atoms with Crippen LogP contribution in [0, 0.1) is 3.95 Å². The van der Waals surface area contributed by atoms with Gasteiger partial charge in [-0.1, -0.05) is 59.9 Å². The number of amides is 3. The number of piperazine rings is 1. The molecule has 10 heteroatoms. The predicted octanol–water partition coefficient (Wildman–Crippen LogP) is 3.28. The molecule has 2 heterocycles. The fourth-order valence-electron chi connectivity index (χ4n) is 3.67. The van der Waals surface area contributed by atoms with E-state index in [1.54, 1.807) is 0 Å². The average molecular weight is 469 g/mol. The van der Waals surface area contributed by atoms with Crippen LogP contribution in [0.1, 0.15) is 5.56 Å². The zero-order valence-electron chi connectivity index (χ0n) is 17.4. The van der Waals surface area contributed by atoms with E-state index in [9.17, 15) is 9.59 Å². The maximum absolute atomic E-state index is 13.4. The van der Waals surface area contributed by atoms with Gasteiger partial charge in [-0.2, -0.15) is 0 Å². The zero-order chi connectivity index (χ0) is 22.3.